The average molecular weight is 869 g/mol. The van der Waals surface area contributed by atoms with Crippen LogP contribution in [0.1, 0.15) is 57.8 Å². The number of nitrogens with zero attached hydrogens (tertiary/aromatic N) is 3. The molecule has 4 aromatic rings. The van der Waals surface area contributed by atoms with Gasteiger partial charge in [0.05, 0.1) is 24.6 Å². The van der Waals surface area contributed by atoms with Gasteiger partial charge in [-0.3, -0.25) is 19.1 Å². The minimum atomic E-state index is -4.83. The number of benzene rings is 2. The SMILES string of the molecule is COc1ccc2c(O[C@@H]3C[C@H]4C(=O)N[C@]5(C(=O)NS(=O)(=O)C6CC6)C[C@H]5/C=C\CCCCC[C@H](Nc5nc(-c6ccc(OC(F)(F)F)cc6)cs5)C(=O)N4C3)nccc2c1. The van der Waals surface area contributed by atoms with Crippen LogP contribution in [0.3, 0.4) is 0 Å². The van der Waals surface area contributed by atoms with Gasteiger partial charge in [-0.15, -0.1) is 24.5 Å². The summed E-state index contributed by atoms with van der Waals surface area (Å²) in [5, 5.41) is 9.12. The first kappa shape index (κ1) is 41.3. The number of hydrogen-bond acceptors (Lipinski definition) is 12. The van der Waals surface area contributed by atoms with E-state index in [-0.39, 0.29) is 25.1 Å². The highest BCUT2D eigenvalue weighted by molar-refractivity contribution is 7.91. The number of alkyl halides is 3. The fourth-order valence-electron chi connectivity index (χ4n) is 7.80. The van der Waals surface area contributed by atoms with Crippen LogP contribution in [0, 0.1) is 5.92 Å². The minimum Gasteiger partial charge on any atom is -0.497 e. The van der Waals surface area contributed by atoms with E-state index in [1.165, 1.54) is 40.5 Å². The molecule has 4 aliphatic rings. The predicted octanol–water partition coefficient (Wildman–Crippen LogP) is 6.10. The van der Waals surface area contributed by atoms with E-state index in [4.69, 9.17) is 9.47 Å². The van der Waals surface area contributed by atoms with Gasteiger partial charge in [-0.1, -0.05) is 25.0 Å². The molecule has 5 atom stereocenters. The zero-order valence-corrected chi connectivity index (χ0v) is 34.1. The molecule has 2 aromatic carbocycles. The molecular weight excluding hydrogens is 826 g/mol. The Kier molecular flexibility index (Phi) is 11.4. The Morgan fingerprint density at radius 1 is 1.03 bits per heavy atom. The van der Waals surface area contributed by atoms with E-state index in [9.17, 15) is 36.0 Å². The van der Waals surface area contributed by atoms with Crippen molar-refractivity contribution in [3.63, 3.8) is 0 Å². The number of carbonyl (C=O) groups is 3. The number of sulfonamides is 1. The molecular formula is C41H43F3N6O8S2. The van der Waals surface area contributed by atoms with E-state index in [1.54, 1.807) is 24.8 Å². The molecule has 3 N–H and O–H groups in total. The molecule has 2 aliphatic heterocycles. The number of ether oxygens (including phenoxy) is 3. The number of aromatic nitrogens is 2. The van der Waals surface area contributed by atoms with Gasteiger partial charge in [-0.2, -0.15) is 0 Å². The molecule has 0 radical (unpaired) electrons. The largest absolute Gasteiger partial charge is 0.573 e. The summed E-state index contributed by atoms with van der Waals surface area (Å²) in [6, 6.07) is 10.6. The summed E-state index contributed by atoms with van der Waals surface area (Å²) in [5.41, 5.74) is -0.518. The van der Waals surface area contributed by atoms with Crippen molar-refractivity contribution in [1.29, 1.82) is 0 Å². The lowest BCUT2D eigenvalue weighted by Gasteiger charge is -2.29. The number of anilines is 1. The van der Waals surface area contributed by atoms with Crippen molar-refractivity contribution in [3.05, 3.63) is 72.3 Å². The van der Waals surface area contributed by atoms with E-state index in [0.29, 0.717) is 65.5 Å². The molecule has 60 heavy (non-hydrogen) atoms. The maximum absolute atomic E-state index is 14.8. The number of pyridine rings is 1. The highest BCUT2D eigenvalue weighted by Gasteiger charge is 2.62. The van der Waals surface area contributed by atoms with Crippen LogP contribution in [-0.2, 0) is 24.4 Å². The fraction of sp³-hybridized carbons (Fsp3) is 0.439. The zero-order chi connectivity index (χ0) is 42.2. The van der Waals surface area contributed by atoms with Gasteiger partial charge in [0, 0.05) is 34.9 Å². The van der Waals surface area contributed by atoms with Gasteiger partial charge in [0.15, 0.2) is 5.13 Å². The average Bonchev–Trinajstić information content (AvgIpc) is 4.10. The van der Waals surface area contributed by atoms with Gasteiger partial charge in [0.25, 0.3) is 5.91 Å². The molecule has 2 saturated carbocycles. The maximum atomic E-state index is 14.8. The Morgan fingerprint density at radius 3 is 2.57 bits per heavy atom. The smallest absolute Gasteiger partial charge is 0.497 e. The topological polar surface area (TPSA) is 178 Å². The van der Waals surface area contributed by atoms with Crippen LogP contribution in [0.4, 0.5) is 18.3 Å². The molecule has 318 valence electrons. The Bertz CT molecular complexity index is 2410. The molecule has 2 aromatic heterocycles. The first-order chi connectivity index (χ1) is 28.7. The van der Waals surface area contributed by atoms with Crippen molar-refractivity contribution in [3.8, 4) is 28.6 Å². The monoisotopic (exact) mass is 868 g/mol. The number of hydrogen-bond donors (Lipinski definition) is 3. The lowest BCUT2D eigenvalue weighted by Crippen LogP contribution is -2.57. The van der Waals surface area contributed by atoms with Crippen molar-refractivity contribution >= 4 is 55.0 Å². The summed E-state index contributed by atoms with van der Waals surface area (Å²) in [5.74, 6) is -1.71. The number of halogens is 3. The van der Waals surface area contributed by atoms with Gasteiger partial charge in [0.1, 0.15) is 35.2 Å². The molecule has 19 heteroatoms. The summed E-state index contributed by atoms with van der Waals surface area (Å²) in [6.07, 6.45) is 4.29. The van der Waals surface area contributed by atoms with Gasteiger partial charge in [-0.05, 0) is 92.4 Å². The number of methoxy groups -OCH3 is 1. The maximum Gasteiger partial charge on any atom is 0.573 e. The van der Waals surface area contributed by atoms with Crippen LogP contribution in [-0.4, -0.2) is 90.0 Å². The highest BCUT2D eigenvalue weighted by Crippen LogP contribution is 2.46. The van der Waals surface area contributed by atoms with E-state index in [1.807, 2.05) is 30.4 Å². The van der Waals surface area contributed by atoms with Crippen molar-refractivity contribution in [2.45, 2.75) is 93.1 Å². The van der Waals surface area contributed by atoms with Crippen LogP contribution >= 0.6 is 11.3 Å². The van der Waals surface area contributed by atoms with E-state index in [0.717, 1.165) is 18.2 Å². The lowest BCUT2D eigenvalue weighted by atomic mass is 10.1. The van der Waals surface area contributed by atoms with Gasteiger partial charge in [0.2, 0.25) is 27.7 Å². The molecule has 4 heterocycles. The Hall–Kier alpha value is -5.43. The third-order valence-corrected chi connectivity index (χ3v) is 13.8. The number of rotatable bonds is 10. The quantitative estimate of drug-likeness (QED) is 0.157. The van der Waals surface area contributed by atoms with Crippen LogP contribution in [0.2, 0.25) is 0 Å². The lowest BCUT2D eigenvalue weighted by molar-refractivity contribution is -0.274. The molecule has 0 unspecified atom stereocenters. The van der Waals surface area contributed by atoms with Crippen LogP contribution < -0.4 is 29.6 Å². The molecule has 1 saturated heterocycles. The summed E-state index contributed by atoms with van der Waals surface area (Å²) in [4.78, 5) is 53.6. The summed E-state index contributed by atoms with van der Waals surface area (Å²) < 4.78 is 82.0. The summed E-state index contributed by atoms with van der Waals surface area (Å²) in [7, 11) is -2.35. The summed E-state index contributed by atoms with van der Waals surface area (Å²) in [6.45, 7) is -0.00261. The molecule has 14 nitrogen and oxygen atoms in total. The van der Waals surface area contributed by atoms with Crippen LogP contribution in [0.25, 0.3) is 22.0 Å². The third kappa shape index (κ3) is 9.16. The minimum absolute atomic E-state index is 0.00261. The number of carbonyl (C=O) groups excluding carboxylic acids is 3. The van der Waals surface area contributed by atoms with Crippen molar-refractivity contribution in [1.82, 2.24) is 24.9 Å². The van der Waals surface area contributed by atoms with E-state index >= 15 is 0 Å². The predicted molar refractivity (Wildman–Crippen MR) is 216 cm³/mol. The fourth-order valence-corrected chi connectivity index (χ4v) is 9.94. The normalized spacial score (nSPS) is 25.5. The third-order valence-electron chi connectivity index (χ3n) is 11.2. The van der Waals surface area contributed by atoms with Crippen molar-refractivity contribution < 1.29 is 50.2 Å². The molecule has 3 amide bonds. The van der Waals surface area contributed by atoms with Crippen LogP contribution in [0.15, 0.2) is 72.3 Å². The first-order valence-corrected chi connectivity index (χ1v) is 22.2. The number of thiazole rings is 1. The second kappa shape index (κ2) is 16.6. The van der Waals surface area contributed by atoms with Crippen molar-refractivity contribution in [2.75, 3.05) is 19.0 Å². The molecule has 0 bridgehead atoms. The molecule has 3 fully saturated rings. The molecule has 8 rings (SSSR count). The second-order valence-corrected chi connectivity index (χ2v) is 18.3. The highest BCUT2D eigenvalue weighted by atomic mass is 32.2. The Morgan fingerprint density at radius 2 is 1.82 bits per heavy atom. The number of nitrogens with one attached hydrogen (secondary N) is 3. The number of fused-ring (bicyclic) bond motifs is 3. The Balaban J connectivity index is 1.08. The van der Waals surface area contributed by atoms with E-state index < -0.39 is 69.0 Å². The number of amides is 3. The van der Waals surface area contributed by atoms with E-state index in [2.05, 4.69) is 30.1 Å². The van der Waals surface area contributed by atoms with Gasteiger partial charge < -0.3 is 29.7 Å². The number of allylic oxidation sites excluding steroid dienone is 1. The summed E-state index contributed by atoms with van der Waals surface area (Å²) >= 11 is 1.21. The molecule has 0 spiro atoms. The standard InChI is InChI=1S/C41H43F3N6O8S2/c1-56-28-13-16-31-25(19-28)17-18-45-36(31)57-29-20-34-35(51)48-40(38(53)49-60(54,55)30-14-15-30)21-26(40)7-5-3-2-4-6-8-32(37(52)50(34)22-29)46-39-47-33(23-59-39)24-9-11-27(12-10-24)58-41(42,43)44/h5,7,9-13,16-19,23,26,29-30,32,34H,2-4,6,8,14-15,20-22H2,1H3,(H,46,47)(H,48,51)(H,49,53)/b7-5-/t26-,29-,32+,34+,40-/m1/s1. The van der Waals surface area contributed by atoms with Crippen LogP contribution in [0.5, 0.6) is 17.4 Å². The molecule has 2 aliphatic carbocycles. The second-order valence-electron chi connectivity index (χ2n) is 15.5. The van der Waals surface area contributed by atoms with Crippen molar-refractivity contribution in [2.24, 2.45) is 5.92 Å². The Labute approximate surface area is 347 Å². The van der Waals surface area contributed by atoms with Gasteiger partial charge >= 0.3 is 6.36 Å². The first-order valence-electron chi connectivity index (χ1n) is 19.7. The zero-order valence-electron chi connectivity index (χ0n) is 32.4. The van der Waals surface area contributed by atoms with Gasteiger partial charge in [-0.25, -0.2) is 18.4 Å².